The van der Waals surface area contributed by atoms with Crippen molar-refractivity contribution in [2.45, 2.75) is 13.1 Å². The molecule has 2 rings (SSSR count). The second kappa shape index (κ2) is 6.99. The second-order valence-electron chi connectivity index (χ2n) is 4.29. The Morgan fingerprint density at radius 3 is 2.67 bits per heavy atom. The fraction of sp³-hybridized carbons (Fsp3) is 0.143. The number of aromatic nitrogens is 3. The molecule has 0 saturated heterocycles. The number of benzene rings is 1. The van der Waals surface area contributed by atoms with Crippen LogP contribution >= 0.6 is 0 Å². The van der Waals surface area contributed by atoms with E-state index in [9.17, 15) is 9.59 Å². The number of aliphatic carboxylic acids is 1. The number of nitrogens with one attached hydrogen (secondary N) is 1. The molecule has 0 bridgehead atoms. The molecule has 1 heterocycles. The van der Waals surface area contributed by atoms with Crippen molar-refractivity contribution in [1.29, 1.82) is 0 Å². The maximum absolute atomic E-state index is 11.7. The molecule has 0 aliphatic carbocycles. The smallest absolute Gasteiger partial charge is 0.328 e. The molecular formula is C14H14N4O3. The number of carboxylic acid groups (broad SMARTS) is 1. The number of hydrogen-bond donors (Lipinski definition) is 2. The summed E-state index contributed by atoms with van der Waals surface area (Å²) in [4.78, 5) is 22.1. The van der Waals surface area contributed by atoms with Crippen LogP contribution in [0.3, 0.4) is 0 Å². The molecule has 1 aromatic carbocycles. The Hall–Kier alpha value is -2.96. The van der Waals surface area contributed by atoms with Crippen molar-refractivity contribution in [1.82, 2.24) is 20.3 Å². The summed E-state index contributed by atoms with van der Waals surface area (Å²) in [7, 11) is 0. The molecule has 1 aromatic heterocycles. The van der Waals surface area contributed by atoms with Gasteiger partial charge in [0.1, 0.15) is 6.54 Å². The highest BCUT2D eigenvalue weighted by Gasteiger charge is 2.03. The van der Waals surface area contributed by atoms with Gasteiger partial charge in [-0.05, 0) is 17.2 Å². The van der Waals surface area contributed by atoms with Crippen molar-refractivity contribution in [3.63, 3.8) is 0 Å². The van der Waals surface area contributed by atoms with Gasteiger partial charge in [0, 0.05) is 18.8 Å². The average molecular weight is 286 g/mol. The highest BCUT2D eigenvalue weighted by atomic mass is 16.4. The maximum atomic E-state index is 11.7. The maximum Gasteiger partial charge on any atom is 0.328 e. The predicted molar refractivity (Wildman–Crippen MR) is 75.0 cm³/mol. The van der Waals surface area contributed by atoms with E-state index in [-0.39, 0.29) is 12.5 Å². The molecule has 0 fully saturated rings. The van der Waals surface area contributed by atoms with Gasteiger partial charge in [-0.15, -0.1) is 5.10 Å². The van der Waals surface area contributed by atoms with E-state index in [1.807, 2.05) is 12.1 Å². The number of rotatable bonds is 6. The predicted octanol–water partition coefficient (Wildman–Crippen LogP) is 0.692. The fourth-order valence-corrected chi connectivity index (χ4v) is 1.63. The Morgan fingerprint density at radius 2 is 2.05 bits per heavy atom. The first kappa shape index (κ1) is 14.4. The van der Waals surface area contributed by atoms with E-state index >= 15 is 0 Å². The highest BCUT2D eigenvalue weighted by Crippen LogP contribution is 2.06. The van der Waals surface area contributed by atoms with E-state index in [1.165, 1.54) is 17.0 Å². The van der Waals surface area contributed by atoms with Gasteiger partial charge >= 0.3 is 5.97 Å². The molecule has 7 heteroatoms. The van der Waals surface area contributed by atoms with Gasteiger partial charge in [0.25, 0.3) is 0 Å². The number of amides is 1. The quantitative estimate of drug-likeness (QED) is 0.762. The van der Waals surface area contributed by atoms with Gasteiger partial charge in [0.2, 0.25) is 5.91 Å². The third kappa shape index (κ3) is 4.90. The van der Waals surface area contributed by atoms with Crippen LogP contribution in [0.1, 0.15) is 11.1 Å². The Labute approximate surface area is 120 Å². The Kier molecular flexibility index (Phi) is 4.81. The Bertz CT molecular complexity index is 633. The van der Waals surface area contributed by atoms with E-state index < -0.39 is 5.97 Å². The van der Waals surface area contributed by atoms with Crippen molar-refractivity contribution >= 4 is 18.0 Å². The minimum absolute atomic E-state index is 0.124. The summed E-state index contributed by atoms with van der Waals surface area (Å²) in [5.41, 5.74) is 1.71. The molecule has 108 valence electrons. The Morgan fingerprint density at radius 1 is 1.29 bits per heavy atom. The van der Waals surface area contributed by atoms with Crippen molar-refractivity contribution in [2.75, 3.05) is 0 Å². The fourth-order valence-electron chi connectivity index (χ4n) is 1.63. The molecule has 0 radical (unpaired) electrons. The zero-order valence-corrected chi connectivity index (χ0v) is 11.1. The van der Waals surface area contributed by atoms with Gasteiger partial charge in [-0.2, -0.15) is 0 Å². The second-order valence-corrected chi connectivity index (χ2v) is 4.29. The lowest BCUT2D eigenvalue weighted by atomic mass is 10.1. The van der Waals surface area contributed by atoms with Crippen LogP contribution in [0, 0.1) is 0 Å². The summed E-state index contributed by atoms with van der Waals surface area (Å²) in [5, 5.41) is 18.6. The summed E-state index contributed by atoms with van der Waals surface area (Å²) >= 11 is 0. The molecule has 0 atom stereocenters. The monoisotopic (exact) mass is 286 g/mol. The van der Waals surface area contributed by atoms with Gasteiger partial charge in [-0.3, -0.25) is 4.79 Å². The molecular weight excluding hydrogens is 272 g/mol. The number of hydrogen-bond acceptors (Lipinski definition) is 4. The van der Waals surface area contributed by atoms with Crippen LogP contribution in [0.5, 0.6) is 0 Å². The summed E-state index contributed by atoms with van der Waals surface area (Å²) < 4.78 is 1.44. The summed E-state index contributed by atoms with van der Waals surface area (Å²) in [6.45, 7) is 0.524. The third-order valence-electron chi connectivity index (χ3n) is 2.67. The molecule has 0 aliphatic heterocycles. The molecule has 21 heavy (non-hydrogen) atoms. The first-order valence-electron chi connectivity index (χ1n) is 6.24. The molecule has 0 saturated carbocycles. The summed E-state index contributed by atoms with van der Waals surface area (Å²) in [5.74, 6) is -1.14. The molecule has 0 unspecified atom stereocenters. The van der Waals surface area contributed by atoms with Crippen molar-refractivity contribution < 1.29 is 14.7 Å². The minimum Gasteiger partial charge on any atom is -0.478 e. The number of nitrogens with zero attached hydrogens (tertiary/aromatic N) is 3. The minimum atomic E-state index is -0.987. The van der Waals surface area contributed by atoms with Crippen molar-refractivity contribution in [3.05, 3.63) is 53.9 Å². The third-order valence-corrected chi connectivity index (χ3v) is 2.67. The zero-order chi connectivity index (χ0) is 15.1. The van der Waals surface area contributed by atoms with Crippen LogP contribution in [-0.2, 0) is 22.7 Å². The van der Waals surface area contributed by atoms with Gasteiger partial charge < -0.3 is 10.4 Å². The van der Waals surface area contributed by atoms with Gasteiger partial charge in [0.05, 0.1) is 6.20 Å². The van der Waals surface area contributed by atoms with Crippen LogP contribution in [0.15, 0.2) is 42.7 Å². The molecule has 0 spiro atoms. The van der Waals surface area contributed by atoms with Crippen LogP contribution < -0.4 is 5.32 Å². The van der Waals surface area contributed by atoms with Crippen LogP contribution in [0.2, 0.25) is 0 Å². The van der Waals surface area contributed by atoms with E-state index in [0.717, 1.165) is 17.2 Å². The van der Waals surface area contributed by atoms with Crippen LogP contribution in [0.4, 0.5) is 0 Å². The van der Waals surface area contributed by atoms with E-state index in [0.29, 0.717) is 6.54 Å². The average Bonchev–Trinajstić information content (AvgIpc) is 2.97. The lowest BCUT2D eigenvalue weighted by Gasteiger charge is -2.05. The first-order valence-corrected chi connectivity index (χ1v) is 6.24. The molecule has 2 aromatic rings. The highest BCUT2D eigenvalue weighted by molar-refractivity contribution is 5.85. The van der Waals surface area contributed by atoms with Crippen LogP contribution in [0.25, 0.3) is 6.08 Å². The van der Waals surface area contributed by atoms with Crippen molar-refractivity contribution in [2.24, 2.45) is 0 Å². The van der Waals surface area contributed by atoms with E-state index in [1.54, 1.807) is 18.3 Å². The number of carbonyl (C=O) groups is 2. The van der Waals surface area contributed by atoms with E-state index in [4.69, 9.17) is 5.11 Å². The summed E-state index contributed by atoms with van der Waals surface area (Å²) in [6.07, 6.45) is 5.71. The first-order chi connectivity index (χ1) is 10.1. The summed E-state index contributed by atoms with van der Waals surface area (Å²) in [6, 6.07) is 7.24. The zero-order valence-electron chi connectivity index (χ0n) is 11.1. The number of carboxylic acids is 1. The molecule has 7 nitrogen and oxygen atoms in total. The van der Waals surface area contributed by atoms with E-state index in [2.05, 4.69) is 15.6 Å². The van der Waals surface area contributed by atoms with Gasteiger partial charge in [-0.25, -0.2) is 9.48 Å². The van der Waals surface area contributed by atoms with Crippen LogP contribution in [-0.4, -0.2) is 32.0 Å². The molecule has 0 aliphatic rings. The van der Waals surface area contributed by atoms with Gasteiger partial charge in [-0.1, -0.05) is 29.5 Å². The lowest BCUT2D eigenvalue weighted by Crippen LogP contribution is -2.27. The number of carbonyl (C=O) groups excluding carboxylic acids is 1. The lowest BCUT2D eigenvalue weighted by molar-refractivity contribution is -0.131. The SMILES string of the molecule is O=C(O)/C=C/c1ccc(CNC(=O)Cn2ccnn2)cc1. The normalized spacial score (nSPS) is 10.7. The molecule has 2 N–H and O–H groups in total. The standard InChI is InChI=1S/C14H14N4O3/c19-13(10-18-8-7-16-17-18)15-9-12-3-1-11(2-4-12)5-6-14(20)21/h1-8H,9-10H2,(H,15,19)(H,20,21)/b6-5+. The molecule has 1 amide bonds. The van der Waals surface area contributed by atoms with Gasteiger partial charge in [0.15, 0.2) is 0 Å². The largest absolute Gasteiger partial charge is 0.478 e. The topological polar surface area (TPSA) is 97.1 Å². The Balaban J connectivity index is 1.83. The van der Waals surface area contributed by atoms with Crippen molar-refractivity contribution in [3.8, 4) is 0 Å².